The number of hydrogen-bond donors (Lipinski definition) is 1. The van der Waals surface area contributed by atoms with Gasteiger partial charge in [-0.1, -0.05) is 29.3 Å². The van der Waals surface area contributed by atoms with E-state index in [0.717, 1.165) is 17.5 Å². The first-order chi connectivity index (χ1) is 12.9. The quantitative estimate of drug-likeness (QED) is 0.754. The van der Waals surface area contributed by atoms with Crippen LogP contribution in [0.1, 0.15) is 40.7 Å². The van der Waals surface area contributed by atoms with Crippen LogP contribution < -0.4 is 14.8 Å². The fourth-order valence-corrected chi connectivity index (χ4v) is 3.09. The van der Waals surface area contributed by atoms with E-state index in [4.69, 9.17) is 21.1 Å². The molecule has 2 aromatic rings. The van der Waals surface area contributed by atoms with Gasteiger partial charge in [0.25, 0.3) is 0 Å². The second-order valence-corrected chi connectivity index (χ2v) is 7.03. The number of carbonyl (C=O) groups excluding carboxylic acids is 2. The number of Topliss-reactive ketones (excluding diaryl/α,β-unsaturated/α-hetero) is 1. The van der Waals surface area contributed by atoms with E-state index in [-0.39, 0.29) is 24.5 Å². The molecular weight excluding hydrogens is 366 g/mol. The fraction of sp³-hybridized carbons (Fsp3) is 0.333. The van der Waals surface area contributed by atoms with Crippen LogP contribution >= 0.6 is 11.6 Å². The lowest BCUT2D eigenvalue weighted by Gasteiger charge is -2.12. The van der Waals surface area contributed by atoms with Crippen molar-refractivity contribution in [2.75, 3.05) is 18.5 Å². The van der Waals surface area contributed by atoms with E-state index in [1.54, 1.807) is 12.1 Å². The molecule has 1 heterocycles. The minimum atomic E-state index is -0.273. The van der Waals surface area contributed by atoms with Crippen LogP contribution in [-0.2, 0) is 4.79 Å². The standard InChI is InChI=1S/C21H22ClNO4/c1-13-4-5-14(2)15(10-13)18(24)6-7-21(25)23-17-12-20-19(11-16(17)22)26-8-3-9-27-20/h4-5,10-12H,3,6-9H2,1-2H3,(H,23,25). The Balaban J connectivity index is 1.63. The first-order valence-electron chi connectivity index (χ1n) is 8.93. The highest BCUT2D eigenvalue weighted by Gasteiger charge is 2.17. The molecule has 0 unspecified atom stereocenters. The monoisotopic (exact) mass is 387 g/mol. The number of nitrogens with one attached hydrogen (secondary N) is 1. The van der Waals surface area contributed by atoms with E-state index in [0.29, 0.717) is 41.0 Å². The Morgan fingerprint density at radius 2 is 1.74 bits per heavy atom. The summed E-state index contributed by atoms with van der Waals surface area (Å²) in [5, 5.41) is 3.12. The number of carbonyl (C=O) groups is 2. The van der Waals surface area contributed by atoms with Crippen molar-refractivity contribution >= 4 is 29.0 Å². The molecule has 1 aliphatic rings. The van der Waals surface area contributed by atoms with Crippen LogP contribution in [0.15, 0.2) is 30.3 Å². The summed E-state index contributed by atoms with van der Waals surface area (Å²) in [6.07, 6.45) is 1.00. The Kier molecular flexibility index (Phi) is 6.01. The van der Waals surface area contributed by atoms with Gasteiger partial charge in [-0.2, -0.15) is 0 Å². The molecule has 0 bridgehead atoms. The maximum atomic E-state index is 12.4. The van der Waals surface area contributed by atoms with Gasteiger partial charge in [-0.15, -0.1) is 0 Å². The average Bonchev–Trinajstić information content (AvgIpc) is 2.87. The molecule has 2 aromatic carbocycles. The van der Waals surface area contributed by atoms with Crippen molar-refractivity contribution in [3.8, 4) is 11.5 Å². The zero-order chi connectivity index (χ0) is 19.4. The molecule has 0 fully saturated rings. The Morgan fingerprint density at radius 1 is 1.04 bits per heavy atom. The maximum Gasteiger partial charge on any atom is 0.224 e. The Hall–Kier alpha value is -2.53. The summed E-state index contributed by atoms with van der Waals surface area (Å²) in [5.41, 5.74) is 3.05. The summed E-state index contributed by atoms with van der Waals surface area (Å²) >= 11 is 6.24. The average molecular weight is 388 g/mol. The second kappa shape index (κ2) is 8.44. The van der Waals surface area contributed by atoms with E-state index in [1.807, 2.05) is 32.0 Å². The molecule has 0 aliphatic carbocycles. The summed E-state index contributed by atoms with van der Waals surface area (Å²) in [4.78, 5) is 24.7. The van der Waals surface area contributed by atoms with Gasteiger partial charge >= 0.3 is 0 Å². The maximum absolute atomic E-state index is 12.4. The van der Waals surface area contributed by atoms with Crippen molar-refractivity contribution < 1.29 is 19.1 Å². The van der Waals surface area contributed by atoms with Crippen LogP contribution in [0.3, 0.4) is 0 Å². The number of rotatable bonds is 5. The van der Waals surface area contributed by atoms with Crippen LogP contribution in [0.4, 0.5) is 5.69 Å². The highest BCUT2D eigenvalue weighted by Crippen LogP contribution is 2.37. The minimum Gasteiger partial charge on any atom is -0.490 e. The lowest BCUT2D eigenvalue weighted by atomic mass is 9.99. The summed E-state index contributed by atoms with van der Waals surface area (Å²) in [5.74, 6) is 0.806. The van der Waals surface area contributed by atoms with Gasteiger partial charge in [0.1, 0.15) is 0 Å². The number of ether oxygens (including phenoxy) is 2. The molecule has 0 spiro atoms. The number of benzene rings is 2. The summed E-state index contributed by atoms with van der Waals surface area (Å²) in [7, 11) is 0. The summed E-state index contributed by atoms with van der Waals surface area (Å²) in [6.45, 7) is 4.95. The van der Waals surface area contributed by atoms with Crippen LogP contribution in [0.25, 0.3) is 0 Å². The molecule has 1 aliphatic heterocycles. The molecular formula is C21H22ClNO4. The van der Waals surface area contributed by atoms with E-state index in [2.05, 4.69) is 5.32 Å². The number of fused-ring (bicyclic) bond motifs is 1. The molecule has 0 saturated heterocycles. The van der Waals surface area contributed by atoms with Gasteiger partial charge in [0.05, 0.1) is 23.9 Å². The van der Waals surface area contributed by atoms with Gasteiger partial charge in [0.15, 0.2) is 17.3 Å². The van der Waals surface area contributed by atoms with Crippen molar-refractivity contribution in [1.82, 2.24) is 0 Å². The predicted octanol–water partition coefficient (Wildman–Crippen LogP) is 4.72. The lowest BCUT2D eigenvalue weighted by molar-refractivity contribution is -0.116. The van der Waals surface area contributed by atoms with Crippen LogP contribution in [0.5, 0.6) is 11.5 Å². The SMILES string of the molecule is Cc1ccc(C)c(C(=O)CCC(=O)Nc2cc3c(cc2Cl)OCCCO3)c1. The largest absolute Gasteiger partial charge is 0.490 e. The van der Waals surface area contributed by atoms with E-state index >= 15 is 0 Å². The van der Waals surface area contributed by atoms with Crippen LogP contribution in [-0.4, -0.2) is 24.9 Å². The van der Waals surface area contributed by atoms with Crippen molar-refractivity contribution in [3.63, 3.8) is 0 Å². The van der Waals surface area contributed by atoms with Crippen LogP contribution in [0.2, 0.25) is 5.02 Å². The number of aryl methyl sites for hydroxylation is 2. The number of hydrogen-bond acceptors (Lipinski definition) is 4. The van der Waals surface area contributed by atoms with Gasteiger partial charge in [-0.05, 0) is 25.5 Å². The first-order valence-corrected chi connectivity index (χ1v) is 9.31. The van der Waals surface area contributed by atoms with Gasteiger partial charge in [0.2, 0.25) is 5.91 Å². The Morgan fingerprint density at radius 3 is 2.48 bits per heavy atom. The van der Waals surface area contributed by atoms with Crippen molar-refractivity contribution in [2.45, 2.75) is 33.1 Å². The molecule has 3 rings (SSSR count). The zero-order valence-electron chi connectivity index (χ0n) is 15.4. The summed E-state index contributed by atoms with van der Waals surface area (Å²) in [6, 6.07) is 9.04. The third kappa shape index (κ3) is 4.80. The van der Waals surface area contributed by atoms with Crippen molar-refractivity contribution in [1.29, 1.82) is 0 Å². The Labute approximate surface area is 163 Å². The minimum absolute atomic E-state index is 0.0453. The molecule has 6 heteroatoms. The molecule has 0 aromatic heterocycles. The molecule has 1 N–H and O–H groups in total. The lowest BCUT2D eigenvalue weighted by Crippen LogP contribution is -2.14. The van der Waals surface area contributed by atoms with Crippen molar-refractivity contribution in [3.05, 3.63) is 52.0 Å². The van der Waals surface area contributed by atoms with Crippen molar-refractivity contribution in [2.24, 2.45) is 0 Å². The normalized spacial score (nSPS) is 13.0. The van der Waals surface area contributed by atoms with Gasteiger partial charge < -0.3 is 14.8 Å². The highest BCUT2D eigenvalue weighted by molar-refractivity contribution is 6.34. The Bertz CT molecular complexity index is 879. The number of amides is 1. The molecule has 5 nitrogen and oxygen atoms in total. The van der Waals surface area contributed by atoms with E-state index < -0.39 is 0 Å². The second-order valence-electron chi connectivity index (χ2n) is 6.62. The van der Waals surface area contributed by atoms with Gasteiger partial charge in [-0.3, -0.25) is 9.59 Å². The zero-order valence-corrected chi connectivity index (χ0v) is 16.2. The molecule has 0 atom stereocenters. The fourth-order valence-electron chi connectivity index (χ4n) is 2.89. The van der Waals surface area contributed by atoms with Gasteiger partial charge in [0, 0.05) is 37.0 Å². The van der Waals surface area contributed by atoms with Crippen LogP contribution in [0, 0.1) is 13.8 Å². The van der Waals surface area contributed by atoms with E-state index in [9.17, 15) is 9.59 Å². The first kappa shape index (κ1) is 19.2. The highest BCUT2D eigenvalue weighted by atomic mass is 35.5. The summed E-state index contributed by atoms with van der Waals surface area (Å²) < 4.78 is 11.2. The molecule has 27 heavy (non-hydrogen) atoms. The molecule has 142 valence electrons. The molecule has 1 amide bonds. The third-order valence-corrected chi connectivity index (χ3v) is 4.70. The van der Waals surface area contributed by atoms with Gasteiger partial charge in [-0.25, -0.2) is 0 Å². The smallest absolute Gasteiger partial charge is 0.224 e. The molecule has 0 saturated carbocycles. The topological polar surface area (TPSA) is 64.6 Å². The number of halogens is 1. The van der Waals surface area contributed by atoms with E-state index in [1.165, 1.54) is 0 Å². The number of ketones is 1. The number of anilines is 1. The predicted molar refractivity (Wildman–Crippen MR) is 105 cm³/mol. The molecule has 0 radical (unpaired) electrons. The third-order valence-electron chi connectivity index (χ3n) is 4.38.